The first-order valence-electron chi connectivity index (χ1n) is 7.42. The summed E-state index contributed by atoms with van der Waals surface area (Å²) in [6.07, 6.45) is 6.80. The molecule has 1 aromatic rings. The van der Waals surface area contributed by atoms with E-state index >= 15 is 0 Å². The normalized spacial score (nSPS) is 18.0. The Hall–Kier alpha value is -0.250. The summed E-state index contributed by atoms with van der Waals surface area (Å²) in [5.41, 5.74) is 1.06. The molecule has 1 aromatic carbocycles. The quantitative estimate of drug-likeness (QED) is 0.788. The van der Waals surface area contributed by atoms with Gasteiger partial charge in [0.05, 0.1) is 5.02 Å². The first kappa shape index (κ1) is 16.1. The third kappa shape index (κ3) is 4.64. The van der Waals surface area contributed by atoms with E-state index in [4.69, 9.17) is 16.3 Å². The molecule has 1 fully saturated rings. The summed E-state index contributed by atoms with van der Waals surface area (Å²) in [4.78, 5) is 0. The number of benzene rings is 1. The zero-order valence-electron chi connectivity index (χ0n) is 12.2. The molecule has 1 aliphatic rings. The van der Waals surface area contributed by atoms with Crippen LogP contribution >= 0.6 is 27.5 Å². The molecule has 0 amide bonds. The smallest absolute Gasteiger partial charge is 0.141 e. The zero-order valence-corrected chi connectivity index (χ0v) is 14.6. The Balaban J connectivity index is 1.86. The molecule has 1 N–H and O–H groups in total. The summed E-state index contributed by atoms with van der Waals surface area (Å²) in [7, 11) is 0. The van der Waals surface area contributed by atoms with Gasteiger partial charge < -0.3 is 10.1 Å². The fourth-order valence-corrected chi connectivity index (χ4v) is 3.74. The largest absolute Gasteiger partial charge is 0.488 e. The van der Waals surface area contributed by atoms with Crippen molar-refractivity contribution in [2.75, 3.05) is 6.54 Å². The Kier molecular flexibility index (Phi) is 6.19. The van der Waals surface area contributed by atoms with Gasteiger partial charge in [0.25, 0.3) is 0 Å². The van der Waals surface area contributed by atoms with Crippen LogP contribution < -0.4 is 10.1 Å². The van der Waals surface area contributed by atoms with Crippen molar-refractivity contribution in [2.24, 2.45) is 0 Å². The Morgan fingerprint density at radius 1 is 1.35 bits per heavy atom. The molecule has 0 heterocycles. The van der Waals surface area contributed by atoms with Crippen LogP contribution in [0, 0.1) is 6.92 Å². The minimum absolute atomic E-state index is 0.120. The maximum atomic E-state index is 6.25. The van der Waals surface area contributed by atoms with Gasteiger partial charge in [0.15, 0.2) is 0 Å². The Labute approximate surface area is 135 Å². The predicted molar refractivity (Wildman–Crippen MR) is 88.9 cm³/mol. The minimum atomic E-state index is 0.120. The lowest BCUT2D eigenvalue weighted by Gasteiger charge is -2.25. The second-order valence-corrected chi connectivity index (χ2v) is 7.03. The summed E-state index contributed by atoms with van der Waals surface area (Å²) >= 11 is 9.70. The van der Waals surface area contributed by atoms with Crippen LogP contribution in [-0.4, -0.2) is 18.7 Å². The molecule has 0 aromatic heterocycles. The molecule has 112 valence electrons. The number of halogens is 2. The number of hydrogen-bond donors (Lipinski definition) is 1. The average Bonchev–Trinajstić information content (AvgIpc) is 2.42. The molecule has 2 rings (SSSR count). The van der Waals surface area contributed by atoms with Crippen molar-refractivity contribution in [2.45, 2.75) is 58.1 Å². The Bertz CT molecular complexity index is 423. The zero-order chi connectivity index (χ0) is 14.5. The van der Waals surface area contributed by atoms with Gasteiger partial charge >= 0.3 is 0 Å². The van der Waals surface area contributed by atoms with Crippen LogP contribution in [0.5, 0.6) is 5.75 Å². The van der Waals surface area contributed by atoms with E-state index in [1.807, 2.05) is 19.1 Å². The molecule has 0 bridgehead atoms. The second-order valence-electron chi connectivity index (χ2n) is 5.71. The Morgan fingerprint density at radius 3 is 2.70 bits per heavy atom. The number of hydrogen-bond acceptors (Lipinski definition) is 2. The van der Waals surface area contributed by atoms with E-state index in [1.165, 1.54) is 32.1 Å². The average molecular weight is 361 g/mol. The summed E-state index contributed by atoms with van der Waals surface area (Å²) in [5, 5.41) is 4.28. The molecule has 1 atom stereocenters. The van der Waals surface area contributed by atoms with Crippen molar-refractivity contribution in [3.63, 3.8) is 0 Å². The van der Waals surface area contributed by atoms with Gasteiger partial charge in [-0.15, -0.1) is 0 Å². The molecule has 20 heavy (non-hydrogen) atoms. The summed E-state index contributed by atoms with van der Waals surface area (Å²) in [6.45, 7) is 4.98. The highest BCUT2D eigenvalue weighted by molar-refractivity contribution is 9.10. The van der Waals surface area contributed by atoms with Gasteiger partial charge in [-0.1, -0.05) is 46.8 Å². The third-order valence-corrected chi connectivity index (χ3v) is 4.55. The summed E-state index contributed by atoms with van der Waals surface area (Å²) in [5.74, 6) is 0.799. The van der Waals surface area contributed by atoms with Gasteiger partial charge in [-0.25, -0.2) is 0 Å². The van der Waals surface area contributed by atoms with E-state index in [-0.39, 0.29) is 6.10 Å². The van der Waals surface area contributed by atoms with Crippen molar-refractivity contribution in [1.29, 1.82) is 0 Å². The number of nitrogens with one attached hydrogen (secondary N) is 1. The van der Waals surface area contributed by atoms with Gasteiger partial charge in [0.2, 0.25) is 0 Å². The van der Waals surface area contributed by atoms with Crippen molar-refractivity contribution >= 4 is 27.5 Å². The summed E-state index contributed by atoms with van der Waals surface area (Å²) in [6, 6.07) is 4.57. The van der Waals surface area contributed by atoms with Crippen LogP contribution in [0.1, 0.15) is 44.6 Å². The fourth-order valence-electron chi connectivity index (χ4n) is 2.72. The van der Waals surface area contributed by atoms with E-state index in [9.17, 15) is 0 Å². The second kappa shape index (κ2) is 7.67. The van der Waals surface area contributed by atoms with Crippen molar-refractivity contribution in [3.8, 4) is 5.75 Å². The Morgan fingerprint density at radius 2 is 2.05 bits per heavy atom. The topological polar surface area (TPSA) is 21.3 Å². The highest BCUT2D eigenvalue weighted by atomic mass is 79.9. The molecule has 2 nitrogen and oxygen atoms in total. The lowest BCUT2D eigenvalue weighted by molar-refractivity contribution is 0.204. The van der Waals surface area contributed by atoms with Crippen LogP contribution in [0.2, 0.25) is 5.02 Å². The van der Waals surface area contributed by atoms with Crippen LogP contribution in [0.25, 0.3) is 0 Å². The van der Waals surface area contributed by atoms with E-state index in [1.54, 1.807) is 0 Å². The molecule has 0 saturated heterocycles. The standard InChI is InChI=1S/C16H23BrClNO/c1-11-8-13(17)9-15(18)16(11)20-12(2)10-19-14-6-4-3-5-7-14/h8-9,12,14,19H,3-7,10H2,1-2H3. The molecule has 0 radical (unpaired) electrons. The van der Waals surface area contributed by atoms with Gasteiger partial charge in [0, 0.05) is 17.1 Å². The molecule has 1 unspecified atom stereocenters. The van der Waals surface area contributed by atoms with E-state index < -0.39 is 0 Å². The molecule has 0 aliphatic heterocycles. The maximum Gasteiger partial charge on any atom is 0.141 e. The van der Waals surface area contributed by atoms with Crippen LogP contribution in [0.4, 0.5) is 0 Å². The minimum Gasteiger partial charge on any atom is -0.488 e. The fraction of sp³-hybridized carbons (Fsp3) is 0.625. The summed E-state index contributed by atoms with van der Waals surface area (Å²) < 4.78 is 6.99. The van der Waals surface area contributed by atoms with Crippen molar-refractivity contribution in [3.05, 3.63) is 27.2 Å². The number of aryl methyl sites for hydroxylation is 1. The highest BCUT2D eigenvalue weighted by Crippen LogP contribution is 2.32. The van der Waals surface area contributed by atoms with Crippen LogP contribution in [0.15, 0.2) is 16.6 Å². The van der Waals surface area contributed by atoms with E-state index in [0.717, 1.165) is 22.3 Å². The molecule has 0 spiro atoms. The third-order valence-electron chi connectivity index (χ3n) is 3.81. The molecular formula is C16H23BrClNO. The van der Waals surface area contributed by atoms with Crippen LogP contribution in [0.3, 0.4) is 0 Å². The van der Waals surface area contributed by atoms with Gasteiger partial charge in [-0.3, -0.25) is 0 Å². The monoisotopic (exact) mass is 359 g/mol. The predicted octanol–water partition coefficient (Wildman–Crippen LogP) is 5.10. The van der Waals surface area contributed by atoms with Crippen LogP contribution in [-0.2, 0) is 0 Å². The van der Waals surface area contributed by atoms with Gasteiger partial charge in [-0.2, -0.15) is 0 Å². The maximum absolute atomic E-state index is 6.25. The first-order chi connectivity index (χ1) is 9.56. The molecule has 1 aliphatic carbocycles. The number of ether oxygens (including phenoxy) is 1. The van der Waals surface area contributed by atoms with E-state index in [2.05, 4.69) is 28.2 Å². The van der Waals surface area contributed by atoms with Crippen molar-refractivity contribution in [1.82, 2.24) is 5.32 Å². The lowest BCUT2D eigenvalue weighted by Crippen LogP contribution is -2.37. The van der Waals surface area contributed by atoms with Crippen molar-refractivity contribution < 1.29 is 4.74 Å². The van der Waals surface area contributed by atoms with E-state index in [0.29, 0.717) is 11.1 Å². The molecule has 4 heteroatoms. The highest BCUT2D eigenvalue weighted by Gasteiger charge is 2.15. The van der Waals surface area contributed by atoms with Gasteiger partial charge in [-0.05, 0) is 44.4 Å². The SMILES string of the molecule is Cc1cc(Br)cc(Cl)c1OC(C)CNC1CCCCC1. The molecular weight excluding hydrogens is 338 g/mol. The van der Waals surface area contributed by atoms with Gasteiger partial charge in [0.1, 0.15) is 11.9 Å². The lowest BCUT2D eigenvalue weighted by atomic mass is 9.95. The first-order valence-corrected chi connectivity index (χ1v) is 8.59. The number of rotatable bonds is 5. The molecule has 1 saturated carbocycles.